The largest absolute Gasteiger partial charge is 0.492 e. The van der Waals surface area contributed by atoms with Gasteiger partial charge in [-0.3, -0.25) is 0 Å². The molecule has 1 aromatic rings. The van der Waals surface area contributed by atoms with Gasteiger partial charge < -0.3 is 19.4 Å². The van der Waals surface area contributed by atoms with Crippen LogP contribution in [-0.2, 0) is 14.0 Å². The number of ether oxygens (including phenoxy) is 1. The zero-order valence-corrected chi connectivity index (χ0v) is 17.9. The summed E-state index contributed by atoms with van der Waals surface area (Å²) in [5, 5.41) is 6.99. The van der Waals surface area contributed by atoms with Crippen molar-refractivity contribution in [3.63, 3.8) is 0 Å². The van der Waals surface area contributed by atoms with Crippen LogP contribution in [0.25, 0.3) is 6.08 Å². The predicted molar refractivity (Wildman–Crippen MR) is 107 cm³/mol. The molecule has 0 atom stereocenters. The van der Waals surface area contributed by atoms with Crippen molar-refractivity contribution < 1.29 is 18.8 Å². The zero-order valence-electron chi connectivity index (χ0n) is 17.1. The highest BCUT2D eigenvalue weighted by molar-refractivity contribution is 7.08. The summed E-state index contributed by atoms with van der Waals surface area (Å²) in [5.41, 5.74) is 1.73. The minimum atomic E-state index is -0.539. The molecular formula is C19H30BNO4S. The number of amides is 1. The normalized spacial score (nSPS) is 19.5. The molecule has 1 fully saturated rings. The lowest BCUT2D eigenvalue weighted by molar-refractivity contribution is 0.00578. The van der Waals surface area contributed by atoms with E-state index in [4.69, 9.17) is 14.0 Å². The van der Waals surface area contributed by atoms with Gasteiger partial charge in [-0.15, -0.1) is 0 Å². The molecule has 0 bridgehead atoms. The van der Waals surface area contributed by atoms with E-state index in [0.29, 0.717) is 6.54 Å². The summed E-state index contributed by atoms with van der Waals surface area (Å²) in [5.74, 6) is 0. The molecule has 0 unspecified atom stereocenters. The zero-order chi connectivity index (χ0) is 19.8. The molecule has 1 aliphatic rings. The molecule has 0 aliphatic carbocycles. The van der Waals surface area contributed by atoms with E-state index in [2.05, 4.69) is 23.0 Å². The molecule has 0 radical (unpaired) electrons. The van der Waals surface area contributed by atoms with Crippen LogP contribution in [0.1, 0.15) is 59.6 Å². The Hall–Kier alpha value is -1.31. The maximum Gasteiger partial charge on any atom is 0.492 e. The molecule has 0 spiro atoms. The molecule has 26 heavy (non-hydrogen) atoms. The number of hydrogen-bond acceptors (Lipinski definition) is 5. The summed E-state index contributed by atoms with van der Waals surface area (Å²) in [7, 11) is -0.519. The lowest BCUT2D eigenvalue weighted by atomic mass is 9.77. The second kappa shape index (κ2) is 7.37. The fourth-order valence-corrected chi connectivity index (χ4v) is 3.21. The Morgan fingerprint density at radius 2 is 1.81 bits per heavy atom. The summed E-state index contributed by atoms with van der Waals surface area (Å²) in [4.78, 5) is 12.1. The molecule has 1 saturated heterocycles. The van der Waals surface area contributed by atoms with E-state index in [-0.39, 0.29) is 0 Å². The van der Waals surface area contributed by atoms with Gasteiger partial charge in [0.05, 0.1) is 11.2 Å². The second-order valence-electron chi connectivity index (χ2n) is 8.67. The van der Waals surface area contributed by atoms with E-state index in [9.17, 15) is 4.79 Å². The fourth-order valence-electron chi connectivity index (χ4n) is 2.40. The fraction of sp³-hybridized carbons (Fsp3) is 0.632. The average Bonchev–Trinajstić information content (AvgIpc) is 2.93. The van der Waals surface area contributed by atoms with Gasteiger partial charge in [0.2, 0.25) is 0 Å². The van der Waals surface area contributed by atoms with Crippen LogP contribution in [0.2, 0.25) is 0 Å². The van der Waals surface area contributed by atoms with Gasteiger partial charge in [-0.2, -0.15) is 11.3 Å². The van der Waals surface area contributed by atoms with Gasteiger partial charge in [-0.1, -0.05) is 6.08 Å². The highest BCUT2D eigenvalue weighted by Gasteiger charge is 2.52. The number of rotatable bonds is 4. The highest BCUT2D eigenvalue weighted by atomic mass is 32.1. The molecule has 1 aromatic heterocycles. The first-order valence-electron chi connectivity index (χ1n) is 8.86. The molecule has 2 heterocycles. The SMILES string of the molecule is Cc1cscc1C=C(CNC(=O)OC(C)(C)C)B1OC(C)(C)C(C)(C)O1. The average molecular weight is 379 g/mol. The van der Waals surface area contributed by atoms with Crippen molar-refractivity contribution in [2.75, 3.05) is 6.54 Å². The standard InChI is InChI=1S/C19H30BNO4S/c1-13-11-26-12-14(13)9-15(10-21-16(22)23-17(2,3)4)20-24-18(5,6)19(7,8)25-20/h9,11-12H,10H2,1-8H3,(H,21,22). The number of hydrogen-bond donors (Lipinski definition) is 1. The van der Waals surface area contributed by atoms with Gasteiger partial charge >= 0.3 is 13.2 Å². The predicted octanol–water partition coefficient (Wildman–Crippen LogP) is 4.60. The topological polar surface area (TPSA) is 56.8 Å². The molecular weight excluding hydrogens is 349 g/mol. The van der Waals surface area contributed by atoms with Crippen molar-refractivity contribution in [2.45, 2.75) is 72.2 Å². The summed E-state index contributed by atoms with van der Waals surface area (Å²) < 4.78 is 17.7. The Morgan fingerprint density at radius 3 is 2.27 bits per heavy atom. The smallest absolute Gasteiger partial charge is 0.444 e. The van der Waals surface area contributed by atoms with Crippen molar-refractivity contribution in [3.05, 3.63) is 27.4 Å². The Kier molecular flexibility index (Phi) is 5.95. The maximum absolute atomic E-state index is 12.1. The molecule has 0 aromatic carbocycles. The molecule has 1 amide bonds. The number of aryl methyl sites for hydroxylation is 1. The molecule has 2 rings (SSSR count). The first-order chi connectivity index (χ1) is 11.8. The van der Waals surface area contributed by atoms with E-state index in [1.54, 1.807) is 11.3 Å². The Morgan fingerprint density at radius 1 is 1.23 bits per heavy atom. The molecule has 7 heteroatoms. The second-order valence-corrected chi connectivity index (χ2v) is 9.42. The molecule has 1 aliphatic heterocycles. The third-order valence-corrected chi connectivity index (χ3v) is 5.51. The van der Waals surface area contributed by atoms with E-state index < -0.39 is 30.0 Å². The van der Waals surface area contributed by atoms with Crippen LogP contribution in [0.4, 0.5) is 4.79 Å². The van der Waals surface area contributed by atoms with Gasteiger partial charge in [0.1, 0.15) is 5.60 Å². The number of thiophene rings is 1. The number of nitrogens with one attached hydrogen (secondary N) is 1. The van der Waals surface area contributed by atoms with Crippen molar-refractivity contribution in [2.24, 2.45) is 0 Å². The first kappa shape index (κ1) is 21.0. The number of carbonyl (C=O) groups excluding carboxylic acids is 1. The van der Waals surface area contributed by atoms with Crippen molar-refractivity contribution in [1.29, 1.82) is 0 Å². The third kappa shape index (κ3) is 5.12. The molecule has 5 nitrogen and oxygen atoms in total. The summed E-state index contributed by atoms with van der Waals surface area (Å²) in [6.07, 6.45) is 1.58. The van der Waals surface area contributed by atoms with E-state index >= 15 is 0 Å². The van der Waals surface area contributed by atoms with Crippen LogP contribution < -0.4 is 5.32 Å². The van der Waals surface area contributed by atoms with Crippen molar-refractivity contribution in [1.82, 2.24) is 5.32 Å². The maximum atomic E-state index is 12.1. The van der Waals surface area contributed by atoms with E-state index in [1.165, 1.54) is 5.56 Å². The highest BCUT2D eigenvalue weighted by Crippen LogP contribution is 2.39. The Bertz CT molecular complexity index is 672. The van der Waals surface area contributed by atoms with Crippen LogP contribution in [0.3, 0.4) is 0 Å². The molecule has 1 N–H and O–H groups in total. The van der Waals surface area contributed by atoms with Crippen LogP contribution in [0.5, 0.6) is 0 Å². The minimum Gasteiger partial charge on any atom is -0.444 e. The van der Waals surface area contributed by atoms with Crippen molar-refractivity contribution in [3.8, 4) is 0 Å². The summed E-state index contributed by atoms with van der Waals surface area (Å²) in [6, 6.07) is 0. The molecule has 144 valence electrons. The van der Waals surface area contributed by atoms with Crippen LogP contribution in [0.15, 0.2) is 16.2 Å². The van der Waals surface area contributed by atoms with E-state index in [0.717, 1.165) is 11.0 Å². The summed E-state index contributed by atoms with van der Waals surface area (Å²) in [6.45, 7) is 15.9. The van der Waals surface area contributed by atoms with Crippen molar-refractivity contribution >= 4 is 30.6 Å². The Balaban J connectivity index is 2.20. The van der Waals surface area contributed by atoms with E-state index in [1.807, 2.05) is 54.5 Å². The lowest BCUT2D eigenvalue weighted by Gasteiger charge is -2.32. The van der Waals surface area contributed by atoms with Gasteiger partial charge in [-0.25, -0.2) is 4.79 Å². The monoisotopic (exact) mass is 379 g/mol. The van der Waals surface area contributed by atoms with Crippen LogP contribution >= 0.6 is 11.3 Å². The first-order valence-corrected chi connectivity index (χ1v) is 9.81. The minimum absolute atomic E-state index is 0.293. The van der Waals surface area contributed by atoms with Gasteiger partial charge in [0.25, 0.3) is 0 Å². The quantitative estimate of drug-likeness (QED) is 0.777. The van der Waals surface area contributed by atoms with Gasteiger partial charge in [-0.05, 0) is 82.7 Å². The lowest BCUT2D eigenvalue weighted by Crippen LogP contribution is -2.41. The van der Waals surface area contributed by atoms with Gasteiger partial charge in [0.15, 0.2) is 0 Å². The molecule has 0 saturated carbocycles. The van der Waals surface area contributed by atoms with Crippen LogP contribution in [-0.4, -0.2) is 36.6 Å². The summed E-state index contributed by atoms with van der Waals surface area (Å²) >= 11 is 1.64. The van der Waals surface area contributed by atoms with Crippen LogP contribution in [0, 0.1) is 6.92 Å². The third-order valence-electron chi connectivity index (χ3n) is 4.63. The Labute approximate surface area is 161 Å². The van der Waals surface area contributed by atoms with Gasteiger partial charge in [0, 0.05) is 6.54 Å². The number of carbonyl (C=O) groups is 1. The number of alkyl carbamates (subject to hydrolysis) is 1.